The van der Waals surface area contributed by atoms with Gasteiger partial charge >= 0.3 is 0 Å². The third kappa shape index (κ3) is 3.81. The Morgan fingerprint density at radius 2 is 1.22 bits per heavy atom. The van der Waals surface area contributed by atoms with Crippen molar-refractivity contribution in [3.63, 3.8) is 0 Å². The molecule has 0 amide bonds. The minimum Gasteiger partial charge on any atom is -0.394 e. The summed E-state index contributed by atoms with van der Waals surface area (Å²) < 4.78 is 15.1. The van der Waals surface area contributed by atoms with Gasteiger partial charge in [-0.25, -0.2) is 0 Å². The molecular weight excluding hydrogens is 320 g/mol. The highest BCUT2D eigenvalue weighted by Crippen LogP contribution is 2.24. The SMILES string of the molecule is OCC1O[C@H](OCC2OC(O)C(O)[C@@H](O)[C@@H]2O)C(O)[C@@H](O)[C@@H]1O. The van der Waals surface area contributed by atoms with E-state index in [0.29, 0.717) is 0 Å². The van der Waals surface area contributed by atoms with Crippen molar-refractivity contribution in [2.75, 3.05) is 13.2 Å². The monoisotopic (exact) mass is 342 g/mol. The molecule has 0 spiro atoms. The summed E-state index contributed by atoms with van der Waals surface area (Å²) in [5, 5.41) is 76.1. The molecule has 5 unspecified atom stereocenters. The van der Waals surface area contributed by atoms with Crippen LogP contribution in [0.3, 0.4) is 0 Å². The summed E-state index contributed by atoms with van der Waals surface area (Å²) in [5.74, 6) is 0. The number of aliphatic hydroxyl groups excluding tert-OH is 8. The quantitative estimate of drug-likeness (QED) is 0.243. The normalized spacial score (nSPS) is 51.7. The lowest BCUT2D eigenvalue weighted by Crippen LogP contribution is -2.61. The number of hydrogen-bond donors (Lipinski definition) is 8. The largest absolute Gasteiger partial charge is 0.394 e. The van der Waals surface area contributed by atoms with E-state index in [1.54, 1.807) is 0 Å². The van der Waals surface area contributed by atoms with E-state index >= 15 is 0 Å². The Morgan fingerprint density at radius 1 is 0.652 bits per heavy atom. The Bertz CT molecular complexity index is 380. The van der Waals surface area contributed by atoms with Gasteiger partial charge in [-0.1, -0.05) is 0 Å². The fourth-order valence-electron chi connectivity index (χ4n) is 2.46. The number of hydrogen-bond acceptors (Lipinski definition) is 11. The van der Waals surface area contributed by atoms with Crippen LogP contribution in [0.2, 0.25) is 0 Å². The van der Waals surface area contributed by atoms with E-state index in [1.165, 1.54) is 0 Å². The summed E-state index contributed by atoms with van der Waals surface area (Å²) in [7, 11) is 0. The molecule has 23 heavy (non-hydrogen) atoms. The standard InChI is InChI=1S/C12H22O11/c13-1-3-5(14)8(17)10(19)12(23-3)21-2-4-6(15)7(16)9(18)11(20)22-4/h3-20H,1-2H2/t3?,4?,5-,6-,7+,8+,9?,10?,11?,12+/m1/s1. The van der Waals surface area contributed by atoms with E-state index < -0.39 is 74.6 Å². The van der Waals surface area contributed by atoms with Crippen LogP contribution in [-0.4, -0.2) is 115 Å². The van der Waals surface area contributed by atoms with Crippen LogP contribution in [0.1, 0.15) is 0 Å². The molecule has 0 aromatic heterocycles. The van der Waals surface area contributed by atoms with Crippen LogP contribution in [0.15, 0.2) is 0 Å². The molecule has 11 nitrogen and oxygen atoms in total. The van der Waals surface area contributed by atoms with Gasteiger partial charge in [0.15, 0.2) is 12.6 Å². The molecule has 2 heterocycles. The van der Waals surface area contributed by atoms with Crippen LogP contribution in [0.25, 0.3) is 0 Å². The van der Waals surface area contributed by atoms with E-state index in [1.807, 2.05) is 0 Å². The van der Waals surface area contributed by atoms with Gasteiger partial charge in [-0.3, -0.25) is 0 Å². The van der Waals surface area contributed by atoms with Gasteiger partial charge in [-0.2, -0.15) is 0 Å². The van der Waals surface area contributed by atoms with Crippen molar-refractivity contribution in [3.8, 4) is 0 Å². The van der Waals surface area contributed by atoms with Gasteiger partial charge in [0.25, 0.3) is 0 Å². The first kappa shape index (κ1) is 18.9. The minimum absolute atomic E-state index is 0.468. The lowest BCUT2D eigenvalue weighted by molar-refractivity contribution is -0.325. The van der Waals surface area contributed by atoms with Crippen molar-refractivity contribution in [1.29, 1.82) is 0 Å². The predicted molar refractivity (Wildman–Crippen MR) is 68.6 cm³/mol. The van der Waals surface area contributed by atoms with E-state index in [9.17, 15) is 35.7 Å². The van der Waals surface area contributed by atoms with Crippen LogP contribution in [0.4, 0.5) is 0 Å². The molecular formula is C12H22O11. The lowest BCUT2D eigenvalue weighted by atomic mass is 9.98. The Hall–Kier alpha value is -0.440. The molecule has 10 atom stereocenters. The fraction of sp³-hybridized carbons (Fsp3) is 1.00. The topological polar surface area (TPSA) is 190 Å². The second-order valence-electron chi connectivity index (χ2n) is 5.57. The average molecular weight is 342 g/mol. The molecule has 11 heteroatoms. The third-order valence-electron chi connectivity index (χ3n) is 3.96. The number of rotatable bonds is 4. The molecule has 8 N–H and O–H groups in total. The first-order valence-electron chi connectivity index (χ1n) is 7.07. The van der Waals surface area contributed by atoms with Crippen molar-refractivity contribution in [3.05, 3.63) is 0 Å². The van der Waals surface area contributed by atoms with Crippen molar-refractivity contribution in [1.82, 2.24) is 0 Å². The van der Waals surface area contributed by atoms with E-state index in [0.717, 1.165) is 0 Å². The van der Waals surface area contributed by atoms with Gasteiger partial charge in [0.1, 0.15) is 48.8 Å². The molecule has 2 rings (SSSR count). The van der Waals surface area contributed by atoms with E-state index in [2.05, 4.69) is 0 Å². The zero-order valence-electron chi connectivity index (χ0n) is 12.0. The van der Waals surface area contributed by atoms with Gasteiger partial charge in [-0.15, -0.1) is 0 Å². The molecule has 0 aliphatic carbocycles. The molecule has 2 aliphatic heterocycles. The molecule has 2 fully saturated rings. The molecule has 0 radical (unpaired) electrons. The Labute approximate surface area is 130 Å². The van der Waals surface area contributed by atoms with Gasteiger partial charge in [0, 0.05) is 0 Å². The van der Waals surface area contributed by atoms with Crippen molar-refractivity contribution >= 4 is 0 Å². The summed E-state index contributed by atoms with van der Waals surface area (Å²) >= 11 is 0. The summed E-state index contributed by atoms with van der Waals surface area (Å²) in [6.07, 6.45) is -15.3. The van der Waals surface area contributed by atoms with Crippen LogP contribution < -0.4 is 0 Å². The first-order chi connectivity index (χ1) is 10.8. The van der Waals surface area contributed by atoms with Crippen molar-refractivity contribution < 1.29 is 55.1 Å². The second-order valence-corrected chi connectivity index (χ2v) is 5.57. The van der Waals surface area contributed by atoms with Crippen LogP contribution in [0.5, 0.6) is 0 Å². The Morgan fingerprint density at radius 3 is 1.83 bits per heavy atom. The smallest absolute Gasteiger partial charge is 0.186 e. The summed E-state index contributed by atoms with van der Waals surface area (Å²) in [6, 6.07) is 0. The summed E-state index contributed by atoms with van der Waals surface area (Å²) in [6.45, 7) is -1.10. The molecule has 136 valence electrons. The van der Waals surface area contributed by atoms with Gasteiger partial charge in [0.2, 0.25) is 0 Å². The maximum absolute atomic E-state index is 9.78. The molecule has 0 aromatic rings. The highest BCUT2D eigenvalue weighted by atomic mass is 16.7. The minimum atomic E-state index is -1.74. The molecule has 2 aliphatic rings. The number of aliphatic hydroxyl groups is 8. The summed E-state index contributed by atoms with van der Waals surface area (Å²) in [4.78, 5) is 0. The van der Waals surface area contributed by atoms with Crippen LogP contribution in [0, 0.1) is 0 Å². The summed E-state index contributed by atoms with van der Waals surface area (Å²) in [5.41, 5.74) is 0. The van der Waals surface area contributed by atoms with Crippen LogP contribution >= 0.6 is 0 Å². The van der Waals surface area contributed by atoms with Crippen molar-refractivity contribution in [2.45, 2.75) is 61.4 Å². The van der Waals surface area contributed by atoms with Gasteiger partial charge < -0.3 is 55.1 Å². The molecule has 2 saturated heterocycles. The zero-order valence-corrected chi connectivity index (χ0v) is 12.0. The Balaban J connectivity index is 1.94. The third-order valence-corrected chi connectivity index (χ3v) is 3.96. The van der Waals surface area contributed by atoms with E-state index in [4.69, 9.17) is 19.3 Å². The highest BCUT2D eigenvalue weighted by Gasteiger charge is 2.46. The highest BCUT2D eigenvalue weighted by molar-refractivity contribution is 4.91. The van der Waals surface area contributed by atoms with Crippen molar-refractivity contribution in [2.24, 2.45) is 0 Å². The maximum atomic E-state index is 9.78. The Kier molecular flexibility index (Phi) is 6.27. The van der Waals surface area contributed by atoms with E-state index in [-0.39, 0.29) is 0 Å². The lowest BCUT2D eigenvalue weighted by Gasteiger charge is -2.41. The molecule has 0 aromatic carbocycles. The molecule has 0 bridgehead atoms. The maximum Gasteiger partial charge on any atom is 0.186 e. The predicted octanol–water partition coefficient (Wildman–Crippen LogP) is -5.40. The zero-order chi connectivity index (χ0) is 17.3. The van der Waals surface area contributed by atoms with Gasteiger partial charge in [-0.05, 0) is 0 Å². The average Bonchev–Trinajstić information content (AvgIpc) is 2.54. The second kappa shape index (κ2) is 7.63. The molecule has 0 saturated carbocycles. The number of ether oxygens (including phenoxy) is 3. The van der Waals surface area contributed by atoms with Gasteiger partial charge in [0.05, 0.1) is 13.2 Å². The first-order valence-corrected chi connectivity index (χ1v) is 7.07. The van der Waals surface area contributed by atoms with Crippen LogP contribution in [-0.2, 0) is 14.2 Å². The fourth-order valence-corrected chi connectivity index (χ4v) is 2.46.